The number of rotatable bonds is 3. The molecular weight excluding hydrogens is 270 g/mol. The van der Waals surface area contributed by atoms with E-state index in [0.717, 1.165) is 9.79 Å². The van der Waals surface area contributed by atoms with Gasteiger partial charge in [-0.05, 0) is 30.3 Å². The van der Waals surface area contributed by atoms with E-state index in [2.05, 4.69) is 10.1 Å². The number of nitrogens with two attached hydrogens (primary N) is 1. The standard InChI is InChI=1S/C12H10ClN3OS/c13-8-1-2-11(10(7-8)12(14)16-17)18-9-3-5-15-6-4-9/h1-7,17H,(H2,14,16). The van der Waals surface area contributed by atoms with Gasteiger partial charge in [-0.1, -0.05) is 28.5 Å². The molecule has 0 fully saturated rings. The van der Waals surface area contributed by atoms with Crippen LogP contribution in [-0.4, -0.2) is 16.0 Å². The average Bonchev–Trinajstić information content (AvgIpc) is 2.41. The first-order chi connectivity index (χ1) is 8.70. The Kier molecular flexibility index (Phi) is 4.07. The van der Waals surface area contributed by atoms with Crippen molar-refractivity contribution >= 4 is 29.2 Å². The third-order valence-electron chi connectivity index (χ3n) is 2.20. The van der Waals surface area contributed by atoms with Crippen molar-refractivity contribution in [3.8, 4) is 0 Å². The summed E-state index contributed by atoms with van der Waals surface area (Å²) in [4.78, 5) is 5.83. The molecule has 3 N–H and O–H groups in total. The molecule has 0 atom stereocenters. The molecule has 0 bridgehead atoms. The average molecular weight is 280 g/mol. The minimum absolute atomic E-state index is 0.0362. The zero-order valence-electron chi connectivity index (χ0n) is 9.25. The van der Waals surface area contributed by atoms with Gasteiger partial charge in [0.15, 0.2) is 5.84 Å². The second-order valence-electron chi connectivity index (χ2n) is 3.41. The van der Waals surface area contributed by atoms with E-state index >= 15 is 0 Å². The molecule has 18 heavy (non-hydrogen) atoms. The Hall–Kier alpha value is -1.72. The molecule has 0 spiro atoms. The van der Waals surface area contributed by atoms with Crippen molar-refractivity contribution < 1.29 is 5.21 Å². The minimum atomic E-state index is 0.0362. The topological polar surface area (TPSA) is 71.5 Å². The van der Waals surface area contributed by atoms with E-state index in [4.69, 9.17) is 22.5 Å². The summed E-state index contributed by atoms with van der Waals surface area (Å²) in [5, 5.41) is 12.3. The molecule has 92 valence electrons. The summed E-state index contributed by atoms with van der Waals surface area (Å²) in [6.45, 7) is 0. The third-order valence-corrected chi connectivity index (χ3v) is 3.52. The van der Waals surface area contributed by atoms with Crippen LogP contribution < -0.4 is 5.73 Å². The van der Waals surface area contributed by atoms with Gasteiger partial charge in [0.1, 0.15) is 0 Å². The molecule has 4 nitrogen and oxygen atoms in total. The molecule has 1 heterocycles. The number of amidine groups is 1. The highest BCUT2D eigenvalue weighted by molar-refractivity contribution is 7.99. The predicted molar refractivity (Wildman–Crippen MR) is 72.3 cm³/mol. The van der Waals surface area contributed by atoms with Gasteiger partial charge in [-0.3, -0.25) is 4.98 Å². The lowest BCUT2D eigenvalue weighted by Gasteiger charge is -2.08. The molecule has 1 aromatic heterocycles. The fourth-order valence-corrected chi connectivity index (χ4v) is 2.47. The summed E-state index contributed by atoms with van der Waals surface area (Å²) >= 11 is 7.41. The summed E-state index contributed by atoms with van der Waals surface area (Å²) < 4.78 is 0. The van der Waals surface area contributed by atoms with Crippen molar-refractivity contribution in [2.75, 3.05) is 0 Å². The van der Waals surface area contributed by atoms with E-state index in [9.17, 15) is 0 Å². The molecule has 6 heteroatoms. The fraction of sp³-hybridized carbons (Fsp3) is 0. The summed E-state index contributed by atoms with van der Waals surface area (Å²) in [5.41, 5.74) is 6.24. The van der Waals surface area contributed by atoms with Crippen molar-refractivity contribution in [1.82, 2.24) is 4.98 Å². The van der Waals surface area contributed by atoms with Gasteiger partial charge in [0.25, 0.3) is 0 Å². The lowest BCUT2D eigenvalue weighted by molar-refractivity contribution is 0.318. The molecule has 0 aliphatic heterocycles. The highest BCUT2D eigenvalue weighted by atomic mass is 35.5. The van der Waals surface area contributed by atoms with Gasteiger partial charge in [-0.15, -0.1) is 0 Å². The Morgan fingerprint density at radius 1 is 1.28 bits per heavy atom. The Labute approximate surface area is 113 Å². The highest BCUT2D eigenvalue weighted by Gasteiger charge is 2.09. The van der Waals surface area contributed by atoms with Crippen molar-refractivity contribution in [2.45, 2.75) is 9.79 Å². The first-order valence-corrected chi connectivity index (χ1v) is 6.25. The van der Waals surface area contributed by atoms with Gasteiger partial charge in [-0.2, -0.15) is 0 Å². The van der Waals surface area contributed by atoms with E-state index in [-0.39, 0.29) is 5.84 Å². The van der Waals surface area contributed by atoms with Gasteiger partial charge in [-0.25, -0.2) is 0 Å². The summed E-state index contributed by atoms with van der Waals surface area (Å²) in [5.74, 6) is 0.0362. The second kappa shape index (κ2) is 5.75. The molecule has 0 saturated carbocycles. The number of oxime groups is 1. The molecule has 0 radical (unpaired) electrons. The maximum atomic E-state index is 8.77. The van der Waals surface area contributed by atoms with E-state index in [1.54, 1.807) is 24.5 Å². The second-order valence-corrected chi connectivity index (χ2v) is 4.96. The monoisotopic (exact) mass is 279 g/mol. The van der Waals surface area contributed by atoms with Crippen LogP contribution in [0.1, 0.15) is 5.56 Å². The van der Waals surface area contributed by atoms with E-state index < -0.39 is 0 Å². The largest absolute Gasteiger partial charge is 0.409 e. The van der Waals surface area contributed by atoms with Gasteiger partial charge in [0.2, 0.25) is 0 Å². The molecule has 0 saturated heterocycles. The Morgan fingerprint density at radius 3 is 2.67 bits per heavy atom. The van der Waals surface area contributed by atoms with Crippen LogP contribution in [-0.2, 0) is 0 Å². The number of pyridine rings is 1. The van der Waals surface area contributed by atoms with Gasteiger partial charge in [0, 0.05) is 32.8 Å². The lowest BCUT2D eigenvalue weighted by Crippen LogP contribution is -2.14. The molecule has 0 aliphatic carbocycles. The predicted octanol–water partition coefficient (Wildman–Crippen LogP) is 2.98. The van der Waals surface area contributed by atoms with E-state index in [1.165, 1.54) is 11.8 Å². The maximum Gasteiger partial charge on any atom is 0.171 e. The number of nitrogens with zero attached hydrogens (tertiary/aromatic N) is 2. The molecule has 0 amide bonds. The maximum absolute atomic E-state index is 8.77. The molecule has 0 unspecified atom stereocenters. The molecule has 1 aromatic carbocycles. The third kappa shape index (κ3) is 2.94. The SMILES string of the molecule is NC(=NO)c1cc(Cl)ccc1Sc1ccncc1. The van der Waals surface area contributed by atoms with Crippen molar-refractivity contribution in [2.24, 2.45) is 10.9 Å². The molecular formula is C12H10ClN3OS. The zero-order chi connectivity index (χ0) is 13.0. The van der Waals surface area contributed by atoms with Crippen LogP contribution in [0.4, 0.5) is 0 Å². The smallest absolute Gasteiger partial charge is 0.171 e. The van der Waals surface area contributed by atoms with Crippen LogP contribution in [0.5, 0.6) is 0 Å². The Bertz CT molecular complexity index is 575. The van der Waals surface area contributed by atoms with Crippen LogP contribution in [0.2, 0.25) is 5.02 Å². The highest BCUT2D eigenvalue weighted by Crippen LogP contribution is 2.31. The zero-order valence-corrected chi connectivity index (χ0v) is 10.8. The van der Waals surface area contributed by atoms with Crippen molar-refractivity contribution in [1.29, 1.82) is 0 Å². The van der Waals surface area contributed by atoms with Crippen molar-refractivity contribution in [3.63, 3.8) is 0 Å². The summed E-state index contributed by atoms with van der Waals surface area (Å²) in [6.07, 6.45) is 3.42. The van der Waals surface area contributed by atoms with E-state index in [0.29, 0.717) is 10.6 Å². The molecule has 2 rings (SSSR count). The number of halogens is 1. The van der Waals surface area contributed by atoms with Crippen LogP contribution in [0.3, 0.4) is 0 Å². The van der Waals surface area contributed by atoms with Crippen LogP contribution in [0.25, 0.3) is 0 Å². The number of hydrogen-bond donors (Lipinski definition) is 2. The van der Waals surface area contributed by atoms with Crippen LogP contribution in [0.15, 0.2) is 57.7 Å². The normalized spacial score (nSPS) is 11.5. The van der Waals surface area contributed by atoms with E-state index in [1.807, 2.05) is 18.2 Å². The Balaban J connectivity index is 2.39. The number of hydrogen-bond acceptors (Lipinski definition) is 4. The number of benzene rings is 1. The Morgan fingerprint density at radius 2 is 2.00 bits per heavy atom. The molecule has 2 aromatic rings. The minimum Gasteiger partial charge on any atom is -0.409 e. The van der Waals surface area contributed by atoms with Gasteiger partial charge in [0.05, 0.1) is 0 Å². The number of aromatic nitrogens is 1. The summed E-state index contributed by atoms with van der Waals surface area (Å²) in [7, 11) is 0. The summed E-state index contributed by atoms with van der Waals surface area (Å²) in [6, 6.07) is 9.03. The van der Waals surface area contributed by atoms with Crippen LogP contribution >= 0.6 is 23.4 Å². The quantitative estimate of drug-likeness (QED) is 0.392. The first kappa shape index (κ1) is 12.7. The van der Waals surface area contributed by atoms with Gasteiger partial charge >= 0.3 is 0 Å². The molecule has 0 aliphatic rings. The van der Waals surface area contributed by atoms with Crippen molar-refractivity contribution in [3.05, 3.63) is 53.3 Å². The van der Waals surface area contributed by atoms with Crippen LogP contribution in [0, 0.1) is 0 Å². The van der Waals surface area contributed by atoms with Gasteiger partial charge < -0.3 is 10.9 Å². The first-order valence-electron chi connectivity index (χ1n) is 5.06. The fourth-order valence-electron chi connectivity index (χ4n) is 1.38. The lowest BCUT2D eigenvalue weighted by atomic mass is 10.2.